The first-order valence-corrected chi connectivity index (χ1v) is 12.7. The highest BCUT2D eigenvalue weighted by molar-refractivity contribution is 9.10. The van der Waals surface area contributed by atoms with Gasteiger partial charge in [0.25, 0.3) is 11.9 Å². The van der Waals surface area contributed by atoms with Gasteiger partial charge >= 0.3 is 0 Å². The molecule has 1 amide bonds. The lowest BCUT2D eigenvalue weighted by molar-refractivity contribution is -0.534. The third-order valence-corrected chi connectivity index (χ3v) is 8.23. The average molecular weight is 552 g/mol. The van der Waals surface area contributed by atoms with Gasteiger partial charge in [-0.2, -0.15) is 0 Å². The van der Waals surface area contributed by atoms with E-state index < -0.39 is 17.5 Å². The summed E-state index contributed by atoms with van der Waals surface area (Å²) in [5.74, 6) is -0.719. The summed E-state index contributed by atoms with van der Waals surface area (Å²) in [6.45, 7) is 0.792. The van der Waals surface area contributed by atoms with Crippen LogP contribution in [0.15, 0.2) is 71.2 Å². The van der Waals surface area contributed by atoms with Crippen molar-refractivity contribution in [2.24, 2.45) is 0 Å². The molecule has 0 bridgehead atoms. The average Bonchev–Trinajstić information content (AvgIpc) is 3.52. The molecule has 3 heterocycles. The van der Waals surface area contributed by atoms with E-state index in [4.69, 9.17) is 4.74 Å². The molecule has 3 aromatic carbocycles. The van der Waals surface area contributed by atoms with Crippen LogP contribution in [-0.4, -0.2) is 34.4 Å². The van der Waals surface area contributed by atoms with Crippen molar-refractivity contribution >= 4 is 27.5 Å². The predicted molar refractivity (Wildman–Crippen MR) is 135 cm³/mol. The fourth-order valence-electron chi connectivity index (χ4n) is 6.40. The fraction of sp³-hybridized carbons (Fsp3) is 0.296. The Hall–Kier alpha value is -3.30. The van der Waals surface area contributed by atoms with E-state index in [2.05, 4.69) is 26.1 Å². The molecule has 4 atom stereocenters. The van der Waals surface area contributed by atoms with Crippen LogP contribution in [0.25, 0.3) is 0 Å². The highest BCUT2D eigenvalue weighted by Crippen LogP contribution is 2.59. The fourth-order valence-corrected chi connectivity index (χ4v) is 6.78. The van der Waals surface area contributed by atoms with Crippen LogP contribution in [-0.2, 0) is 16.9 Å². The Morgan fingerprint density at radius 1 is 1.17 bits per heavy atom. The van der Waals surface area contributed by atoms with Gasteiger partial charge in [0.2, 0.25) is 0 Å². The monoisotopic (exact) mass is 551 g/mol. The Balaban J connectivity index is 1.47. The van der Waals surface area contributed by atoms with Gasteiger partial charge in [-0.05, 0) is 54.8 Å². The van der Waals surface area contributed by atoms with Gasteiger partial charge in [0.1, 0.15) is 18.2 Å². The topological polar surface area (TPSA) is 84.7 Å². The molecule has 3 aromatic rings. The molecule has 184 valence electrons. The number of carbonyl (C=O) groups is 1. The molecule has 0 unspecified atom stereocenters. The van der Waals surface area contributed by atoms with E-state index in [0.717, 1.165) is 22.9 Å². The van der Waals surface area contributed by atoms with E-state index in [-0.39, 0.29) is 29.3 Å². The minimum absolute atomic E-state index is 0.188. The number of nitrogens with zero attached hydrogens (tertiary/aromatic N) is 2. The molecular formula is C27H23BrFN3O4. The number of anilines is 1. The number of hydrogen-bond acceptors (Lipinski definition) is 5. The van der Waals surface area contributed by atoms with Gasteiger partial charge in [-0.25, -0.2) is 4.39 Å². The van der Waals surface area contributed by atoms with Crippen LogP contribution in [0.1, 0.15) is 35.4 Å². The molecule has 0 radical (unpaired) electrons. The second-order valence-electron chi connectivity index (χ2n) is 9.52. The van der Waals surface area contributed by atoms with E-state index >= 15 is 0 Å². The van der Waals surface area contributed by atoms with Crippen LogP contribution >= 0.6 is 15.9 Å². The molecule has 36 heavy (non-hydrogen) atoms. The minimum Gasteiger partial charge on any atom is -0.489 e. The number of amides is 1. The quantitative estimate of drug-likeness (QED) is 0.347. The van der Waals surface area contributed by atoms with Crippen LogP contribution < -0.4 is 10.1 Å². The summed E-state index contributed by atoms with van der Waals surface area (Å²) in [5, 5.41) is 15.8. The Morgan fingerprint density at radius 3 is 2.72 bits per heavy atom. The van der Waals surface area contributed by atoms with Gasteiger partial charge in [-0.1, -0.05) is 46.3 Å². The van der Waals surface area contributed by atoms with Crippen LogP contribution in [0.4, 0.5) is 10.1 Å². The number of hydrogen-bond donors (Lipinski definition) is 1. The van der Waals surface area contributed by atoms with Crippen molar-refractivity contribution in [3.05, 3.63) is 104 Å². The summed E-state index contributed by atoms with van der Waals surface area (Å²) >= 11 is 3.53. The zero-order valence-corrected chi connectivity index (χ0v) is 20.8. The lowest BCUT2D eigenvalue weighted by atomic mass is 9.77. The number of para-hydroxylation sites is 1. The maximum absolute atomic E-state index is 13.7. The predicted octanol–water partition coefficient (Wildman–Crippen LogP) is 5.22. The smallest absolute Gasteiger partial charge is 0.256 e. The first-order valence-electron chi connectivity index (χ1n) is 11.9. The third kappa shape index (κ3) is 3.37. The van der Waals surface area contributed by atoms with Crippen molar-refractivity contribution in [3.63, 3.8) is 0 Å². The molecular weight excluding hydrogens is 529 g/mol. The van der Waals surface area contributed by atoms with Crippen LogP contribution in [0.2, 0.25) is 0 Å². The largest absolute Gasteiger partial charge is 0.489 e. The van der Waals surface area contributed by atoms with Crippen LogP contribution in [0.3, 0.4) is 0 Å². The van der Waals surface area contributed by atoms with Crippen LogP contribution in [0, 0.1) is 15.9 Å². The van der Waals surface area contributed by atoms with Gasteiger partial charge in [0.05, 0.1) is 5.92 Å². The number of halogens is 2. The zero-order valence-electron chi connectivity index (χ0n) is 19.2. The maximum atomic E-state index is 13.7. The van der Waals surface area contributed by atoms with E-state index in [1.807, 2.05) is 30.3 Å². The summed E-state index contributed by atoms with van der Waals surface area (Å²) in [5.41, 5.74) is 1.38. The molecule has 6 rings (SSSR count). The van der Waals surface area contributed by atoms with Crippen molar-refractivity contribution in [1.29, 1.82) is 0 Å². The van der Waals surface area contributed by atoms with E-state index in [1.54, 1.807) is 24.3 Å². The molecule has 9 heteroatoms. The van der Waals surface area contributed by atoms with Crippen molar-refractivity contribution in [3.8, 4) is 5.75 Å². The summed E-state index contributed by atoms with van der Waals surface area (Å²) in [6.07, 6.45) is 1.60. The molecule has 1 N–H and O–H groups in total. The highest BCUT2D eigenvalue weighted by atomic mass is 79.9. The zero-order chi connectivity index (χ0) is 25.0. The Morgan fingerprint density at radius 2 is 1.94 bits per heavy atom. The number of rotatable bonds is 5. The van der Waals surface area contributed by atoms with Gasteiger partial charge in [-0.15, -0.1) is 0 Å². The summed E-state index contributed by atoms with van der Waals surface area (Å²) in [7, 11) is 0. The third-order valence-electron chi connectivity index (χ3n) is 7.73. The van der Waals surface area contributed by atoms with Crippen LogP contribution in [0.5, 0.6) is 5.75 Å². The summed E-state index contributed by atoms with van der Waals surface area (Å²) < 4.78 is 20.3. The Bertz CT molecular complexity index is 1370. The summed E-state index contributed by atoms with van der Waals surface area (Å²) in [4.78, 5) is 28.3. The van der Waals surface area contributed by atoms with Gasteiger partial charge in [0, 0.05) is 38.8 Å². The molecule has 0 saturated carbocycles. The number of ether oxygens (including phenoxy) is 1. The first kappa shape index (κ1) is 23.1. The van der Waals surface area contributed by atoms with E-state index in [0.29, 0.717) is 29.1 Å². The number of carbonyl (C=O) groups excluding carboxylic acids is 1. The number of nitro groups is 1. The standard InChI is InChI=1S/C27H23BrFN3O4/c28-17-9-12-23(36-15-16-7-10-18(29)11-8-16)19(14-17)24-22-6-3-13-31(22)27(25(24)32(34)35)20-4-1-2-5-21(20)30-26(27)33/h1-2,4-5,7-12,14,22,24-25H,3,6,13,15H2,(H,30,33)/t22-,24+,25-,27+/m1/s1. The lowest BCUT2D eigenvalue weighted by Gasteiger charge is -2.32. The minimum atomic E-state index is -1.39. The molecule has 2 fully saturated rings. The molecule has 0 aromatic heterocycles. The van der Waals surface area contributed by atoms with Crippen molar-refractivity contribution in [2.75, 3.05) is 11.9 Å². The lowest BCUT2D eigenvalue weighted by Crippen LogP contribution is -2.55. The van der Waals surface area contributed by atoms with E-state index in [1.165, 1.54) is 12.1 Å². The molecule has 3 aliphatic rings. The normalized spacial score (nSPS) is 26.6. The van der Waals surface area contributed by atoms with Crippen molar-refractivity contribution < 1.29 is 18.8 Å². The molecule has 2 saturated heterocycles. The number of nitrogens with one attached hydrogen (secondary N) is 1. The second-order valence-corrected chi connectivity index (χ2v) is 10.4. The molecule has 3 aliphatic heterocycles. The highest BCUT2D eigenvalue weighted by Gasteiger charge is 2.73. The molecule has 0 aliphatic carbocycles. The summed E-state index contributed by atoms with van der Waals surface area (Å²) in [6, 6.07) is 17.4. The van der Waals surface area contributed by atoms with Crippen molar-refractivity contribution in [1.82, 2.24) is 4.90 Å². The number of benzene rings is 3. The number of fused-ring (bicyclic) bond motifs is 4. The molecule has 1 spiro atoms. The first-order chi connectivity index (χ1) is 17.4. The van der Waals surface area contributed by atoms with Gasteiger partial charge in [-0.3, -0.25) is 19.8 Å². The van der Waals surface area contributed by atoms with Crippen molar-refractivity contribution in [2.45, 2.75) is 43.0 Å². The second kappa shape index (κ2) is 8.67. The Labute approximate surface area is 215 Å². The van der Waals surface area contributed by atoms with E-state index in [9.17, 15) is 19.3 Å². The van der Waals surface area contributed by atoms with Gasteiger partial charge in [0.15, 0.2) is 5.54 Å². The maximum Gasteiger partial charge on any atom is 0.256 e. The Kier molecular flexibility index (Phi) is 5.57. The molecule has 7 nitrogen and oxygen atoms in total. The SMILES string of the molecule is O=C1Nc2ccccc2[C@]12[C@H]([N+](=O)[O-])[C@@H](c1cc(Br)ccc1OCc1ccc(F)cc1)[C@H]1CCCN12. The van der Waals surface area contributed by atoms with Gasteiger partial charge < -0.3 is 10.1 Å².